The van der Waals surface area contributed by atoms with Gasteiger partial charge >= 0.3 is 0 Å². The van der Waals surface area contributed by atoms with E-state index >= 15 is 0 Å². The fourth-order valence-electron chi connectivity index (χ4n) is 4.23. The number of fused-ring (bicyclic) bond motifs is 1. The summed E-state index contributed by atoms with van der Waals surface area (Å²) in [5.41, 5.74) is 2.29. The number of para-hydroxylation sites is 1. The first-order valence-corrected chi connectivity index (χ1v) is 12.1. The molecular formula is C24H28N2O3S. The number of amides is 1. The first kappa shape index (κ1) is 20.7. The van der Waals surface area contributed by atoms with Crippen LogP contribution < -0.4 is 5.32 Å². The minimum absolute atomic E-state index is 0.182. The van der Waals surface area contributed by atoms with Gasteiger partial charge in [-0.05, 0) is 60.6 Å². The fourth-order valence-corrected chi connectivity index (χ4v) is 5.60. The lowest BCUT2D eigenvalue weighted by atomic mass is 9.97. The molecule has 4 rings (SSSR count). The van der Waals surface area contributed by atoms with E-state index in [1.54, 1.807) is 18.3 Å². The van der Waals surface area contributed by atoms with Gasteiger partial charge in [-0.15, -0.1) is 0 Å². The van der Waals surface area contributed by atoms with Crippen LogP contribution in [0.25, 0.3) is 10.9 Å². The SMILES string of the molecule is CC(C)CNC(=O)c1ccc(S(=O)(=O)n2cc(C3CCCC3)c3ccccc32)cc1. The van der Waals surface area contributed by atoms with Crippen molar-refractivity contribution in [3.05, 3.63) is 65.9 Å². The predicted octanol–water partition coefficient (Wildman–Crippen LogP) is 4.92. The molecule has 0 spiro atoms. The molecule has 1 saturated carbocycles. The minimum Gasteiger partial charge on any atom is -0.352 e. The van der Waals surface area contributed by atoms with E-state index in [4.69, 9.17) is 0 Å². The molecule has 0 aliphatic heterocycles. The molecule has 0 bridgehead atoms. The van der Waals surface area contributed by atoms with Gasteiger partial charge in [0.1, 0.15) is 0 Å². The van der Waals surface area contributed by atoms with Gasteiger partial charge in [-0.2, -0.15) is 0 Å². The van der Waals surface area contributed by atoms with E-state index in [-0.39, 0.29) is 10.8 Å². The smallest absolute Gasteiger partial charge is 0.268 e. The van der Waals surface area contributed by atoms with Crippen molar-refractivity contribution in [1.82, 2.24) is 9.29 Å². The molecular weight excluding hydrogens is 396 g/mol. The number of carbonyl (C=O) groups is 1. The number of hydrogen-bond donors (Lipinski definition) is 1. The number of carbonyl (C=O) groups excluding carboxylic acids is 1. The molecule has 1 amide bonds. The second-order valence-electron chi connectivity index (χ2n) is 8.51. The molecule has 0 unspecified atom stereocenters. The van der Waals surface area contributed by atoms with Gasteiger partial charge in [0.05, 0.1) is 10.4 Å². The van der Waals surface area contributed by atoms with Crippen molar-refractivity contribution < 1.29 is 13.2 Å². The van der Waals surface area contributed by atoms with Crippen LogP contribution in [0.15, 0.2) is 59.6 Å². The number of benzene rings is 2. The van der Waals surface area contributed by atoms with Crippen LogP contribution in [0, 0.1) is 5.92 Å². The van der Waals surface area contributed by atoms with Crippen molar-refractivity contribution in [2.24, 2.45) is 5.92 Å². The summed E-state index contributed by atoms with van der Waals surface area (Å²) in [6.45, 7) is 4.63. The molecule has 1 aliphatic carbocycles. The maximum Gasteiger partial charge on any atom is 0.268 e. The first-order valence-electron chi connectivity index (χ1n) is 10.6. The molecule has 30 heavy (non-hydrogen) atoms. The van der Waals surface area contributed by atoms with E-state index in [2.05, 4.69) is 5.32 Å². The van der Waals surface area contributed by atoms with Crippen LogP contribution in [0.5, 0.6) is 0 Å². The van der Waals surface area contributed by atoms with Crippen molar-refractivity contribution in [3.63, 3.8) is 0 Å². The zero-order chi connectivity index (χ0) is 21.3. The average Bonchev–Trinajstić information content (AvgIpc) is 3.40. The number of nitrogens with one attached hydrogen (secondary N) is 1. The monoisotopic (exact) mass is 424 g/mol. The largest absolute Gasteiger partial charge is 0.352 e. The van der Waals surface area contributed by atoms with Crippen LogP contribution in [-0.4, -0.2) is 24.8 Å². The molecule has 0 saturated heterocycles. The van der Waals surface area contributed by atoms with Gasteiger partial charge in [0.15, 0.2) is 0 Å². The second kappa shape index (κ2) is 8.26. The van der Waals surface area contributed by atoms with E-state index in [1.807, 2.05) is 38.1 Å². The third-order valence-corrected chi connectivity index (χ3v) is 7.54. The van der Waals surface area contributed by atoms with Gasteiger partial charge in [-0.1, -0.05) is 44.9 Å². The Balaban J connectivity index is 1.68. The Morgan fingerprint density at radius 1 is 1.07 bits per heavy atom. The molecule has 1 aliphatic rings. The van der Waals surface area contributed by atoms with Gasteiger partial charge in [-0.25, -0.2) is 12.4 Å². The van der Waals surface area contributed by atoms with E-state index in [9.17, 15) is 13.2 Å². The van der Waals surface area contributed by atoms with Crippen LogP contribution in [0.3, 0.4) is 0 Å². The zero-order valence-electron chi connectivity index (χ0n) is 17.5. The van der Waals surface area contributed by atoms with Gasteiger partial charge < -0.3 is 5.32 Å². The Morgan fingerprint density at radius 3 is 2.40 bits per heavy atom. The summed E-state index contributed by atoms with van der Waals surface area (Å²) < 4.78 is 28.3. The molecule has 5 nitrogen and oxygen atoms in total. The lowest BCUT2D eigenvalue weighted by molar-refractivity contribution is 0.0949. The normalized spacial score (nSPS) is 15.2. The van der Waals surface area contributed by atoms with Crippen molar-refractivity contribution >= 4 is 26.8 Å². The summed E-state index contributed by atoms with van der Waals surface area (Å²) in [6.07, 6.45) is 6.40. The Kier molecular flexibility index (Phi) is 5.69. The highest BCUT2D eigenvalue weighted by Gasteiger charge is 2.26. The van der Waals surface area contributed by atoms with E-state index in [0.29, 0.717) is 29.5 Å². The standard InChI is InChI=1S/C24H28N2O3S/c1-17(2)15-25-24(27)19-11-13-20(14-12-19)30(28,29)26-16-22(18-7-3-4-8-18)21-9-5-6-10-23(21)26/h5-6,9-14,16-18H,3-4,7-8,15H2,1-2H3,(H,25,27). The minimum atomic E-state index is -3.76. The van der Waals surface area contributed by atoms with Crippen molar-refractivity contribution in [1.29, 1.82) is 0 Å². The summed E-state index contributed by atoms with van der Waals surface area (Å²) in [5.74, 6) is 0.575. The molecule has 0 radical (unpaired) electrons. The molecule has 1 heterocycles. The topological polar surface area (TPSA) is 68.2 Å². The van der Waals surface area contributed by atoms with Gasteiger partial charge in [0.25, 0.3) is 15.9 Å². The Bertz CT molecular complexity index is 1150. The number of rotatable bonds is 6. The third-order valence-electron chi connectivity index (χ3n) is 5.85. The Labute approximate surface area is 178 Å². The highest BCUT2D eigenvalue weighted by molar-refractivity contribution is 7.90. The predicted molar refractivity (Wildman–Crippen MR) is 119 cm³/mol. The Morgan fingerprint density at radius 2 is 1.73 bits per heavy atom. The summed E-state index contributed by atoms with van der Waals surface area (Å²) in [6, 6.07) is 13.9. The lowest BCUT2D eigenvalue weighted by Crippen LogP contribution is -2.27. The maximum atomic E-state index is 13.4. The molecule has 1 fully saturated rings. The van der Waals surface area contributed by atoms with E-state index in [0.717, 1.165) is 23.8 Å². The van der Waals surface area contributed by atoms with Crippen LogP contribution in [0.2, 0.25) is 0 Å². The molecule has 0 atom stereocenters. The van der Waals surface area contributed by atoms with Crippen LogP contribution in [-0.2, 0) is 10.0 Å². The second-order valence-corrected chi connectivity index (χ2v) is 10.3. The van der Waals surface area contributed by atoms with Crippen LogP contribution >= 0.6 is 0 Å². The molecule has 6 heteroatoms. The number of hydrogen-bond acceptors (Lipinski definition) is 3. The maximum absolute atomic E-state index is 13.4. The molecule has 3 aromatic rings. The van der Waals surface area contributed by atoms with Gasteiger partial charge in [0, 0.05) is 23.7 Å². The summed E-state index contributed by atoms with van der Waals surface area (Å²) in [5, 5.41) is 3.87. The quantitative estimate of drug-likeness (QED) is 0.611. The van der Waals surface area contributed by atoms with Crippen LogP contribution in [0.1, 0.15) is 61.4 Å². The molecule has 158 valence electrons. The summed E-state index contributed by atoms with van der Waals surface area (Å²) in [4.78, 5) is 12.4. The van der Waals surface area contributed by atoms with Crippen molar-refractivity contribution in [2.45, 2.75) is 50.3 Å². The highest BCUT2D eigenvalue weighted by atomic mass is 32.2. The Hall–Kier alpha value is -2.60. The fraction of sp³-hybridized carbons (Fsp3) is 0.375. The highest BCUT2D eigenvalue weighted by Crippen LogP contribution is 2.39. The van der Waals surface area contributed by atoms with Gasteiger partial charge in [0.2, 0.25) is 0 Å². The summed E-state index contributed by atoms with van der Waals surface area (Å²) >= 11 is 0. The van der Waals surface area contributed by atoms with Crippen molar-refractivity contribution in [2.75, 3.05) is 6.54 Å². The molecule has 1 N–H and O–H groups in total. The molecule has 2 aromatic carbocycles. The number of nitrogens with zero attached hydrogens (tertiary/aromatic N) is 1. The first-order chi connectivity index (χ1) is 14.4. The van der Waals surface area contributed by atoms with Crippen LogP contribution in [0.4, 0.5) is 0 Å². The summed E-state index contributed by atoms with van der Waals surface area (Å²) in [7, 11) is -3.76. The zero-order valence-corrected chi connectivity index (χ0v) is 18.3. The lowest BCUT2D eigenvalue weighted by Gasteiger charge is -2.10. The molecule has 1 aromatic heterocycles. The number of aromatic nitrogens is 1. The van der Waals surface area contributed by atoms with E-state index in [1.165, 1.54) is 28.9 Å². The van der Waals surface area contributed by atoms with Crippen molar-refractivity contribution in [3.8, 4) is 0 Å². The van der Waals surface area contributed by atoms with Gasteiger partial charge in [-0.3, -0.25) is 4.79 Å². The average molecular weight is 425 g/mol. The third kappa shape index (κ3) is 3.88. The van der Waals surface area contributed by atoms with E-state index < -0.39 is 10.0 Å².